The first-order chi connectivity index (χ1) is 15.3. The third-order valence-corrected chi connectivity index (χ3v) is 7.18. The van der Waals surface area contributed by atoms with Crippen LogP contribution in [0.4, 0.5) is 5.69 Å². The lowest BCUT2D eigenvalue weighted by molar-refractivity contribution is 0.165. The lowest BCUT2D eigenvalue weighted by Crippen LogP contribution is -2.30. The lowest BCUT2D eigenvalue weighted by Gasteiger charge is -2.34. The molecule has 1 aromatic carbocycles. The van der Waals surface area contributed by atoms with Crippen LogP contribution >= 0.6 is 0 Å². The normalized spacial score (nSPS) is 20.5. The molecule has 32 heavy (non-hydrogen) atoms. The van der Waals surface area contributed by atoms with Gasteiger partial charge in [0.2, 0.25) is 10.0 Å². The lowest BCUT2D eigenvalue weighted by atomic mass is 9.76. The fraction of sp³-hybridized carbons (Fsp3) is 0.360. The Labute approximate surface area is 188 Å². The van der Waals surface area contributed by atoms with Crippen LogP contribution in [0.1, 0.15) is 44.6 Å². The summed E-state index contributed by atoms with van der Waals surface area (Å²) < 4.78 is 38.5. The molecule has 6 nitrogen and oxygen atoms in total. The van der Waals surface area contributed by atoms with E-state index in [2.05, 4.69) is 34.9 Å². The van der Waals surface area contributed by atoms with E-state index in [4.69, 9.17) is 9.47 Å². The number of hydrogen-bond acceptors (Lipinski definition) is 4. The highest BCUT2D eigenvalue weighted by Gasteiger charge is 2.49. The van der Waals surface area contributed by atoms with Crippen molar-refractivity contribution in [2.75, 3.05) is 11.0 Å². The van der Waals surface area contributed by atoms with Crippen molar-refractivity contribution >= 4 is 26.6 Å². The van der Waals surface area contributed by atoms with Crippen molar-refractivity contribution in [2.24, 2.45) is 5.92 Å². The second-order valence-corrected chi connectivity index (χ2v) is 10.8. The number of allylic oxidation sites excluding steroid dienone is 5. The van der Waals surface area contributed by atoms with Crippen molar-refractivity contribution in [3.63, 3.8) is 0 Å². The van der Waals surface area contributed by atoms with E-state index in [1.807, 2.05) is 18.3 Å². The van der Waals surface area contributed by atoms with E-state index in [0.29, 0.717) is 11.6 Å². The summed E-state index contributed by atoms with van der Waals surface area (Å²) in [6.07, 6.45) is 18.0. The summed E-state index contributed by atoms with van der Waals surface area (Å²) in [4.78, 5) is 3.30. The van der Waals surface area contributed by atoms with Crippen molar-refractivity contribution in [2.45, 2.75) is 44.4 Å². The third kappa shape index (κ3) is 3.97. The Bertz CT molecular complexity index is 1280. The standard InChI is InChI=1S/C25H28N2O4S/c1-25(18-11-12-18,23-16-30-15-19(31-23)13-17-7-4-3-5-8-17)21-14-26-24-20(21)9-6-10-22(24)27-32(2,28)29/h3-4,6-7,9-10,14-16,18,26-27H,5,8,11-13H2,1-2H3. The van der Waals surface area contributed by atoms with E-state index < -0.39 is 10.0 Å². The molecule has 1 aromatic heterocycles. The molecule has 1 fully saturated rings. The summed E-state index contributed by atoms with van der Waals surface area (Å²) >= 11 is 0. The molecule has 2 aliphatic carbocycles. The molecule has 1 unspecified atom stereocenters. The van der Waals surface area contributed by atoms with Gasteiger partial charge in [-0.25, -0.2) is 8.42 Å². The number of benzene rings is 1. The molecule has 0 bridgehead atoms. The first kappa shape index (κ1) is 20.9. The summed E-state index contributed by atoms with van der Waals surface area (Å²) in [5.74, 6) is 2.04. The summed E-state index contributed by atoms with van der Waals surface area (Å²) in [6, 6.07) is 5.67. The second-order valence-electron chi connectivity index (χ2n) is 9.05. The number of anilines is 1. The molecule has 168 valence electrons. The third-order valence-electron chi connectivity index (χ3n) is 6.59. The zero-order valence-corrected chi connectivity index (χ0v) is 19.2. The summed E-state index contributed by atoms with van der Waals surface area (Å²) in [5.41, 5.74) is 3.35. The zero-order chi connectivity index (χ0) is 22.3. The molecule has 3 aliphatic rings. The molecular weight excluding hydrogens is 424 g/mol. The van der Waals surface area contributed by atoms with Crippen LogP contribution in [0.15, 0.2) is 72.2 Å². The number of aromatic nitrogens is 1. The molecule has 7 heteroatoms. The van der Waals surface area contributed by atoms with Gasteiger partial charge >= 0.3 is 0 Å². The highest BCUT2D eigenvalue weighted by atomic mass is 32.2. The molecule has 0 spiro atoms. The predicted octanol–water partition coefficient (Wildman–Crippen LogP) is 5.60. The summed E-state index contributed by atoms with van der Waals surface area (Å²) in [6.45, 7) is 2.20. The Morgan fingerprint density at radius 2 is 2.09 bits per heavy atom. The van der Waals surface area contributed by atoms with Gasteiger partial charge in [-0.3, -0.25) is 4.72 Å². The van der Waals surface area contributed by atoms with Crippen molar-refractivity contribution in [1.82, 2.24) is 4.98 Å². The van der Waals surface area contributed by atoms with E-state index in [9.17, 15) is 8.42 Å². The van der Waals surface area contributed by atoms with Gasteiger partial charge in [0, 0.05) is 18.0 Å². The van der Waals surface area contributed by atoms with Gasteiger partial charge < -0.3 is 14.5 Å². The largest absolute Gasteiger partial charge is 0.466 e. The number of ether oxygens (including phenoxy) is 2. The molecule has 1 aliphatic heterocycles. The molecule has 2 N–H and O–H groups in total. The van der Waals surface area contributed by atoms with Crippen molar-refractivity contribution in [1.29, 1.82) is 0 Å². The Morgan fingerprint density at radius 3 is 2.81 bits per heavy atom. The molecule has 0 radical (unpaired) electrons. The molecule has 1 atom stereocenters. The van der Waals surface area contributed by atoms with Crippen LogP contribution in [0.3, 0.4) is 0 Å². The number of hydrogen-bond donors (Lipinski definition) is 2. The average Bonchev–Trinajstić information content (AvgIpc) is 3.53. The van der Waals surface area contributed by atoms with E-state index >= 15 is 0 Å². The number of fused-ring (bicyclic) bond motifs is 1. The van der Waals surface area contributed by atoms with Crippen LogP contribution in [-0.4, -0.2) is 19.7 Å². The van der Waals surface area contributed by atoms with Crippen LogP contribution in [0.2, 0.25) is 0 Å². The quantitative estimate of drug-likeness (QED) is 0.573. The number of rotatable bonds is 7. The van der Waals surface area contributed by atoms with Gasteiger partial charge in [0.15, 0.2) is 0 Å². The summed E-state index contributed by atoms with van der Waals surface area (Å²) in [7, 11) is -3.38. The van der Waals surface area contributed by atoms with Gasteiger partial charge in [0.05, 0.1) is 22.9 Å². The van der Waals surface area contributed by atoms with E-state index in [1.165, 1.54) is 5.57 Å². The molecular formula is C25H28N2O4S. The number of para-hydroxylation sites is 1. The highest BCUT2D eigenvalue weighted by Crippen LogP contribution is 2.54. The minimum absolute atomic E-state index is 0.387. The maximum Gasteiger partial charge on any atom is 0.229 e. The Balaban J connectivity index is 1.49. The first-order valence-electron chi connectivity index (χ1n) is 11.0. The highest BCUT2D eigenvalue weighted by molar-refractivity contribution is 7.92. The molecule has 2 aromatic rings. The monoisotopic (exact) mass is 452 g/mol. The predicted molar refractivity (Wildman–Crippen MR) is 126 cm³/mol. The van der Waals surface area contributed by atoms with Crippen LogP contribution in [-0.2, 0) is 24.9 Å². The molecule has 0 amide bonds. The van der Waals surface area contributed by atoms with Gasteiger partial charge in [-0.05, 0) is 50.2 Å². The fourth-order valence-electron chi connectivity index (χ4n) is 4.77. The number of nitrogens with one attached hydrogen (secondary N) is 2. The number of sulfonamides is 1. The van der Waals surface area contributed by atoms with Crippen LogP contribution < -0.4 is 4.72 Å². The number of H-pyrrole nitrogens is 1. The molecule has 2 heterocycles. The van der Waals surface area contributed by atoms with Crippen molar-refractivity contribution in [3.05, 3.63) is 77.8 Å². The van der Waals surface area contributed by atoms with Gasteiger partial charge in [-0.2, -0.15) is 0 Å². The van der Waals surface area contributed by atoms with Gasteiger partial charge in [-0.1, -0.05) is 35.9 Å². The second kappa shape index (κ2) is 7.89. The number of aromatic amines is 1. The smallest absolute Gasteiger partial charge is 0.229 e. The van der Waals surface area contributed by atoms with Crippen molar-refractivity contribution < 1.29 is 17.9 Å². The van der Waals surface area contributed by atoms with Gasteiger partial charge in [0.1, 0.15) is 24.0 Å². The van der Waals surface area contributed by atoms with E-state index in [-0.39, 0.29) is 5.41 Å². The molecule has 0 saturated heterocycles. The minimum Gasteiger partial charge on any atom is -0.466 e. The van der Waals surface area contributed by atoms with Crippen LogP contribution in [0.5, 0.6) is 0 Å². The first-order valence-corrected chi connectivity index (χ1v) is 12.9. The summed E-state index contributed by atoms with van der Waals surface area (Å²) in [5, 5.41) is 0.980. The minimum atomic E-state index is -3.38. The fourth-order valence-corrected chi connectivity index (χ4v) is 5.34. The topological polar surface area (TPSA) is 80.4 Å². The molecule has 5 rings (SSSR count). The Hall–Kier alpha value is -2.93. The van der Waals surface area contributed by atoms with Gasteiger partial charge in [0.25, 0.3) is 0 Å². The van der Waals surface area contributed by atoms with E-state index in [0.717, 1.165) is 66.3 Å². The van der Waals surface area contributed by atoms with E-state index in [1.54, 1.807) is 18.6 Å². The zero-order valence-electron chi connectivity index (χ0n) is 18.4. The van der Waals surface area contributed by atoms with Crippen LogP contribution in [0, 0.1) is 5.92 Å². The van der Waals surface area contributed by atoms with Crippen molar-refractivity contribution in [3.8, 4) is 0 Å². The maximum absolute atomic E-state index is 11.8. The SMILES string of the molecule is CC(C1=COC=C(CC2=CC=CCC2)O1)(c1c[nH]c2c(NS(C)(=O)=O)cccc12)C1CC1. The maximum atomic E-state index is 11.8. The van der Waals surface area contributed by atoms with Crippen LogP contribution in [0.25, 0.3) is 10.9 Å². The average molecular weight is 453 g/mol. The Morgan fingerprint density at radius 1 is 1.25 bits per heavy atom. The van der Waals surface area contributed by atoms with Gasteiger partial charge in [-0.15, -0.1) is 0 Å². The molecule has 1 saturated carbocycles. The Kier molecular flexibility index (Phi) is 5.16.